The van der Waals surface area contributed by atoms with Crippen LogP contribution in [0.3, 0.4) is 0 Å². The zero-order valence-electron chi connectivity index (χ0n) is 21.3. The van der Waals surface area contributed by atoms with E-state index in [4.69, 9.17) is 9.47 Å². The van der Waals surface area contributed by atoms with Crippen LogP contribution in [0.5, 0.6) is 0 Å². The van der Waals surface area contributed by atoms with E-state index in [0.717, 1.165) is 44.1 Å². The third kappa shape index (κ3) is 2.69. The van der Waals surface area contributed by atoms with E-state index in [1.807, 2.05) is 19.9 Å². The third-order valence-corrected chi connectivity index (χ3v) is 11.7. The summed E-state index contributed by atoms with van der Waals surface area (Å²) in [6.45, 7) is 10.9. The molecule has 6 aliphatic rings. The number of fused-ring (bicyclic) bond motifs is 8. The van der Waals surface area contributed by atoms with Crippen molar-refractivity contribution in [3.8, 4) is 0 Å². The standard InChI is InChI=1S/C29H40O5/c1-6-17-15(2)14-21(33-26(17)31)16(3)18-9-10-19-23-20(11-13-27(18,19)4)28(5)22(30)8-7-12-29(28,32)25-24(23)34-25/h7-8,16,18-21,23-25,32H,6,9-14H2,1-5H3/t16-,18+,19-,20-,21-,23-,24-,25-,27+,28-,29-/m0/s1. The van der Waals surface area contributed by atoms with E-state index in [1.165, 1.54) is 5.57 Å². The van der Waals surface area contributed by atoms with Gasteiger partial charge in [-0.1, -0.05) is 32.4 Å². The first-order valence-electron chi connectivity index (χ1n) is 13.6. The van der Waals surface area contributed by atoms with Gasteiger partial charge in [0, 0.05) is 12.0 Å². The SMILES string of the molecule is CCC1=C(C)C[C@@H]([C@@H](C)[C@H]2CC[C@H]3[C@@H]4[C@@H]5O[C@@H]5[C@@]5(O)CC=CC(=O)[C@]5(C)[C@H]4CC[C@]23C)OC1=O. The summed E-state index contributed by atoms with van der Waals surface area (Å²) in [5, 5.41) is 11.7. The molecule has 3 saturated carbocycles. The zero-order chi connectivity index (χ0) is 24.2. The summed E-state index contributed by atoms with van der Waals surface area (Å²) in [5.74, 6) is 1.72. The maximum atomic E-state index is 13.3. The topological polar surface area (TPSA) is 76.1 Å². The summed E-state index contributed by atoms with van der Waals surface area (Å²) in [6.07, 6.45) is 9.73. The molecule has 0 aromatic rings. The van der Waals surface area contributed by atoms with Crippen molar-refractivity contribution < 1.29 is 24.2 Å². The number of epoxide rings is 1. The predicted molar refractivity (Wildman–Crippen MR) is 128 cm³/mol. The average Bonchev–Trinajstić information content (AvgIpc) is 3.52. The quantitative estimate of drug-likeness (QED) is 0.477. The van der Waals surface area contributed by atoms with Crippen molar-refractivity contribution >= 4 is 11.8 Å². The van der Waals surface area contributed by atoms with Gasteiger partial charge in [0.05, 0.1) is 11.5 Å². The van der Waals surface area contributed by atoms with E-state index in [0.29, 0.717) is 30.1 Å². The highest BCUT2D eigenvalue weighted by Gasteiger charge is 2.77. The average molecular weight is 469 g/mol. The highest BCUT2D eigenvalue weighted by molar-refractivity contribution is 5.97. The van der Waals surface area contributed by atoms with Gasteiger partial charge in [-0.2, -0.15) is 0 Å². The Labute approximate surface area is 203 Å². The van der Waals surface area contributed by atoms with Crippen molar-refractivity contribution in [2.75, 3.05) is 0 Å². The number of esters is 1. The van der Waals surface area contributed by atoms with Gasteiger partial charge in [0.15, 0.2) is 5.78 Å². The van der Waals surface area contributed by atoms with E-state index < -0.39 is 11.0 Å². The largest absolute Gasteiger partial charge is 0.458 e. The summed E-state index contributed by atoms with van der Waals surface area (Å²) < 4.78 is 12.2. The van der Waals surface area contributed by atoms with Crippen LogP contribution in [0.25, 0.3) is 0 Å². The van der Waals surface area contributed by atoms with Crippen LogP contribution in [0.1, 0.15) is 79.6 Å². The Morgan fingerprint density at radius 2 is 1.94 bits per heavy atom. The van der Waals surface area contributed by atoms with Crippen LogP contribution in [0, 0.1) is 40.4 Å². The maximum absolute atomic E-state index is 13.3. The third-order valence-electron chi connectivity index (χ3n) is 11.7. The zero-order valence-corrected chi connectivity index (χ0v) is 21.3. The Morgan fingerprint density at radius 3 is 2.65 bits per heavy atom. The van der Waals surface area contributed by atoms with Gasteiger partial charge in [-0.15, -0.1) is 0 Å². The molecule has 4 fully saturated rings. The minimum Gasteiger partial charge on any atom is -0.458 e. The fourth-order valence-electron chi connectivity index (χ4n) is 9.74. The highest BCUT2D eigenvalue weighted by atomic mass is 16.6. The normalized spacial score (nSPS) is 52.4. The van der Waals surface area contributed by atoms with Gasteiger partial charge in [-0.05, 0) is 93.5 Å². The second-order valence-corrected chi connectivity index (χ2v) is 12.8. The van der Waals surface area contributed by atoms with Crippen LogP contribution in [0.15, 0.2) is 23.3 Å². The van der Waals surface area contributed by atoms with E-state index >= 15 is 0 Å². The molecule has 0 spiro atoms. The van der Waals surface area contributed by atoms with E-state index in [2.05, 4.69) is 20.8 Å². The van der Waals surface area contributed by atoms with Gasteiger partial charge < -0.3 is 14.6 Å². The van der Waals surface area contributed by atoms with Crippen molar-refractivity contribution in [2.24, 2.45) is 40.4 Å². The Bertz CT molecular complexity index is 996. The van der Waals surface area contributed by atoms with Gasteiger partial charge in [-0.3, -0.25) is 4.79 Å². The lowest BCUT2D eigenvalue weighted by molar-refractivity contribution is -0.182. The van der Waals surface area contributed by atoms with Crippen molar-refractivity contribution in [1.82, 2.24) is 0 Å². The smallest absolute Gasteiger partial charge is 0.334 e. The van der Waals surface area contributed by atoms with Crippen molar-refractivity contribution in [2.45, 2.75) is 103 Å². The Morgan fingerprint density at radius 1 is 1.18 bits per heavy atom. The number of carbonyl (C=O) groups is 2. The minimum absolute atomic E-state index is 0.0509. The van der Waals surface area contributed by atoms with Gasteiger partial charge in [0.1, 0.15) is 17.8 Å². The molecule has 0 unspecified atom stereocenters. The molecular formula is C29H40O5. The number of hydrogen-bond donors (Lipinski definition) is 1. The summed E-state index contributed by atoms with van der Waals surface area (Å²) in [7, 11) is 0. The first-order chi connectivity index (χ1) is 16.1. The molecule has 0 aromatic heterocycles. The molecule has 4 aliphatic carbocycles. The monoisotopic (exact) mass is 468 g/mol. The molecule has 2 heterocycles. The molecule has 1 saturated heterocycles. The van der Waals surface area contributed by atoms with Crippen LogP contribution in [0.4, 0.5) is 0 Å². The summed E-state index contributed by atoms with van der Waals surface area (Å²) in [6, 6.07) is 0. The van der Waals surface area contributed by atoms with Crippen molar-refractivity contribution in [1.29, 1.82) is 0 Å². The first-order valence-corrected chi connectivity index (χ1v) is 13.6. The van der Waals surface area contributed by atoms with Crippen LogP contribution in [0.2, 0.25) is 0 Å². The van der Waals surface area contributed by atoms with E-state index in [1.54, 1.807) is 6.08 Å². The Balaban J connectivity index is 1.29. The number of ether oxygens (including phenoxy) is 2. The molecule has 0 bridgehead atoms. The van der Waals surface area contributed by atoms with Crippen LogP contribution < -0.4 is 0 Å². The lowest BCUT2D eigenvalue weighted by atomic mass is 9.43. The summed E-state index contributed by atoms with van der Waals surface area (Å²) >= 11 is 0. The number of ketones is 1. The van der Waals surface area contributed by atoms with Crippen molar-refractivity contribution in [3.63, 3.8) is 0 Å². The summed E-state index contributed by atoms with van der Waals surface area (Å²) in [5.41, 5.74) is 0.362. The fraction of sp³-hybridized carbons (Fsp3) is 0.793. The second-order valence-electron chi connectivity index (χ2n) is 12.8. The number of carbonyl (C=O) groups excluding carboxylic acids is 2. The highest BCUT2D eigenvalue weighted by Crippen LogP contribution is 2.71. The van der Waals surface area contributed by atoms with Gasteiger partial charge in [0.25, 0.3) is 0 Å². The number of cyclic esters (lactones) is 1. The lowest BCUT2D eigenvalue weighted by Gasteiger charge is -2.60. The maximum Gasteiger partial charge on any atom is 0.334 e. The fourth-order valence-corrected chi connectivity index (χ4v) is 9.74. The second kappa shape index (κ2) is 7.29. The molecule has 0 radical (unpaired) electrons. The Hall–Kier alpha value is -1.46. The molecule has 186 valence electrons. The van der Waals surface area contributed by atoms with Crippen molar-refractivity contribution in [3.05, 3.63) is 23.3 Å². The molecule has 0 amide bonds. The molecule has 34 heavy (non-hydrogen) atoms. The summed E-state index contributed by atoms with van der Waals surface area (Å²) in [4.78, 5) is 25.9. The molecule has 5 nitrogen and oxygen atoms in total. The van der Waals surface area contributed by atoms with Crippen LogP contribution in [-0.2, 0) is 19.1 Å². The van der Waals surface area contributed by atoms with Gasteiger partial charge in [-0.25, -0.2) is 4.79 Å². The molecule has 5 heteroatoms. The molecular weight excluding hydrogens is 428 g/mol. The molecule has 1 N–H and O–H groups in total. The predicted octanol–water partition coefficient (Wildman–Crippen LogP) is 4.77. The van der Waals surface area contributed by atoms with Crippen LogP contribution in [-0.4, -0.2) is 40.8 Å². The molecule has 0 aromatic carbocycles. The van der Waals surface area contributed by atoms with Gasteiger partial charge in [0.2, 0.25) is 0 Å². The number of aliphatic hydroxyl groups is 1. The molecule has 6 rings (SSSR count). The molecule has 11 atom stereocenters. The van der Waals surface area contributed by atoms with E-state index in [9.17, 15) is 14.7 Å². The number of allylic oxidation sites excluding steroid dienone is 1. The number of hydrogen-bond acceptors (Lipinski definition) is 5. The Kier molecular flexibility index (Phi) is 4.92. The minimum atomic E-state index is -1.07. The lowest BCUT2D eigenvalue weighted by Crippen LogP contribution is -2.67. The van der Waals surface area contributed by atoms with E-state index in [-0.39, 0.29) is 41.4 Å². The number of rotatable bonds is 3. The van der Waals surface area contributed by atoms with Gasteiger partial charge >= 0.3 is 5.97 Å². The molecule has 2 aliphatic heterocycles. The van der Waals surface area contributed by atoms with Crippen LogP contribution >= 0.6 is 0 Å². The first kappa shape index (κ1) is 23.0.